The van der Waals surface area contributed by atoms with Gasteiger partial charge in [-0.2, -0.15) is 0 Å². The largest absolute Gasteiger partial charge is 0.415 e. The summed E-state index contributed by atoms with van der Waals surface area (Å²) in [5.74, 6) is 6.77. The van der Waals surface area contributed by atoms with Crippen molar-refractivity contribution in [2.24, 2.45) is 52.3 Å². The molecule has 7 unspecified atom stereocenters. The van der Waals surface area contributed by atoms with Crippen LogP contribution in [0.1, 0.15) is 112 Å². The van der Waals surface area contributed by atoms with E-state index in [1.165, 1.54) is 70.6 Å². The highest BCUT2D eigenvalue weighted by Crippen LogP contribution is 2.68. The van der Waals surface area contributed by atoms with Crippen LogP contribution >= 0.6 is 0 Å². The van der Waals surface area contributed by atoms with Gasteiger partial charge in [0.1, 0.15) is 0 Å². The molecule has 0 aromatic carbocycles. The van der Waals surface area contributed by atoms with E-state index >= 15 is 0 Å². The Morgan fingerprint density at radius 2 is 1.50 bits per heavy atom. The van der Waals surface area contributed by atoms with Crippen LogP contribution < -0.4 is 0 Å². The van der Waals surface area contributed by atoms with E-state index in [9.17, 15) is 0 Å². The van der Waals surface area contributed by atoms with Crippen molar-refractivity contribution in [3.8, 4) is 0 Å². The summed E-state index contributed by atoms with van der Waals surface area (Å²) < 4.78 is 6.62. The van der Waals surface area contributed by atoms with Crippen molar-refractivity contribution in [1.82, 2.24) is 0 Å². The molecule has 0 amide bonds. The standard InChI is InChI=1S/C30H56OSi/c1-21(2)10-9-11-22(3)26-14-15-27-25-13-12-23-20-24(31-32(6,7)8)16-18-29(23,4)28(25)17-19-30(26,27)5/h21-28H,9-20H2,1-8H3/t22?,23-,24-,25?,26?,27?,28?,29?,30?/m0/s1. The molecule has 32 heavy (non-hydrogen) atoms. The van der Waals surface area contributed by atoms with E-state index in [1.54, 1.807) is 6.42 Å². The molecule has 186 valence electrons. The molecule has 0 heterocycles. The fourth-order valence-electron chi connectivity index (χ4n) is 9.85. The first-order valence-electron chi connectivity index (χ1n) is 14.6. The van der Waals surface area contributed by atoms with Crippen molar-refractivity contribution in [2.45, 2.75) is 137 Å². The Labute approximate surface area is 202 Å². The third-order valence-corrected chi connectivity index (χ3v) is 12.4. The molecule has 2 heteroatoms. The Kier molecular flexibility index (Phi) is 7.37. The van der Waals surface area contributed by atoms with Crippen LogP contribution in [-0.4, -0.2) is 14.4 Å². The van der Waals surface area contributed by atoms with Crippen LogP contribution in [0.25, 0.3) is 0 Å². The third-order valence-electron chi connectivity index (χ3n) is 11.3. The van der Waals surface area contributed by atoms with Crippen molar-refractivity contribution in [1.29, 1.82) is 0 Å². The lowest BCUT2D eigenvalue weighted by molar-refractivity contribution is -0.127. The molecule has 9 atom stereocenters. The Bertz CT molecular complexity index is 637. The number of hydrogen-bond donors (Lipinski definition) is 0. The Morgan fingerprint density at radius 1 is 0.812 bits per heavy atom. The fourth-order valence-corrected chi connectivity index (χ4v) is 11.1. The normalized spacial score (nSPS) is 45.3. The van der Waals surface area contributed by atoms with Gasteiger partial charge in [-0.05, 0) is 130 Å². The first-order valence-corrected chi connectivity index (χ1v) is 18.0. The molecule has 4 aliphatic rings. The van der Waals surface area contributed by atoms with Crippen molar-refractivity contribution in [3.05, 3.63) is 0 Å². The van der Waals surface area contributed by atoms with Gasteiger partial charge < -0.3 is 4.43 Å². The zero-order valence-electron chi connectivity index (χ0n) is 23.0. The molecule has 4 saturated carbocycles. The summed E-state index contributed by atoms with van der Waals surface area (Å²) >= 11 is 0. The summed E-state index contributed by atoms with van der Waals surface area (Å²) in [6, 6.07) is 0. The quantitative estimate of drug-likeness (QED) is 0.344. The van der Waals surface area contributed by atoms with Gasteiger partial charge in [-0.3, -0.25) is 0 Å². The Balaban J connectivity index is 1.42. The molecular weight excluding hydrogens is 404 g/mol. The zero-order chi connectivity index (χ0) is 23.3. The van der Waals surface area contributed by atoms with E-state index in [4.69, 9.17) is 4.43 Å². The summed E-state index contributed by atoms with van der Waals surface area (Å²) in [6.07, 6.45) is 18.2. The summed E-state index contributed by atoms with van der Waals surface area (Å²) in [5, 5.41) is 0. The van der Waals surface area contributed by atoms with E-state index in [0.717, 1.165) is 41.4 Å². The van der Waals surface area contributed by atoms with E-state index in [-0.39, 0.29) is 0 Å². The highest BCUT2D eigenvalue weighted by atomic mass is 28.4. The van der Waals surface area contributed by atoms with Crippen molar-refractivity contribution in [2.75, 3.05) is 0 Å². The molecule has 0 aliphatic heterocycles. The second-order valence-corrected chi connectivity index (χ2v) is 19.3. The van der Waals surface area contributed by atoms with Gasteiger partial charge in [-0.15, -0.1) is 0 Å². The van der Waals surface area contributed by atoms with Gasteiger partial charge >= 0.3 is 0 Å². The number of hydrogen-bond acceptors (Lipinski definition) is 1. The first kappa shape index (κ1) is 25.3. The lowest BCUT2D eigenvalue weighted by Gasteiger charge is -2.61. The SMILES string of the molecule is CC(C)CCCC(C)C1CCC2C3CC[C@H]4C[C@@H](O[Si](C)(C)C)CCC4(C)C3CCC12C. The molecule has 0 saturated heterocycles. The highest BCUT2D eigenvalue weighted by Gasteiger charge is 2.60. The van der Waals surface area contributed by atoms with Crippen LogP contribution in [0, 0.1) is 52.3 Å². The van der Waals surface area contributed by atoms with E-state index < -0.39 is 8.32 Å². The summed E-state index contributed by atoms with van der Waals surface area (Å²) in [7, 11) is -1.42. The maximum Gasteiger partial charge on any atom is 0.184 e. The highest BCUT2D eigenvalue weighted by molar-refractivity contribution is 6.69. The molecule has 0 radical (unpaired) electrons. The second kappa shape index (κ2) is 9.33. The van der Waals surface area contributed by atoms with Crippen LogP contribution in [0.2, 0.25) is 19.6 Å². The molecule has 4 fully saturated rings. The maximum atomic E-state index is 6.62. The average molecular weight is 461 g/mol. The van der Waals surface area contributed by atoms with Crippen molar-refractivity contribution >= 4 is 8.32 Å². The predicted octanol–water partition coefficient (Wildman–Crippen LogP) is 9.33. The van der Waals surface area contributed by atoms with Crippen LogP contribution in [0.5, 0.6) is 0 Å². The summed E-state index contributed by atoms with van der Waals surface area (Å²) in [4.78, 5) is 0. The van der Waals surface area contributed by atoms with Crippen molar-refractivity contribution in [3.63, 3.8) is 0 Å². The smallest absolute Gasteiger partial charge is 0.184 e. The van der Waals surface area contributed by atoms with Gasteiger partial charge in [-0.1, -0.05) is 53.9 Å². The molecule has 1 nitrogen and oxygen atoms in total. The minimum atomic E-state index is -1.42. The van der Waals surface area contributed by atoms with Gasteiger partial charge in [0.05, 0.1) is 0 Å². The van der Waals surface area contributed by atoms with Gasteiger partial charge in [0.2, 0.25) is 0 Å². The summed E-state index contributed by atoms with van der Waals surface area (Å²) in [6.45, 7) is 20.0. The monoisotopic (exact) mass is 460 g/mol. The van der Waals surface area contributed by atoms with E-state index in [0.29, 0.717) is 16.9 Å². The average Bonchev–Trinajstić information content (AvgIpc) is 3.04. The maximum absolute atomic E-state index is 6.62. The van der Waals surface area contributed by atoms with Crippen LogP contribution in [-0.2, 0) is 4.43 Å². The van der Waals surface area contributed by atoms with Gasteiger partial charge in [-0.25, -0.2) is 0 Å². The van der Waals surface area contributed by atoms with Crippen LogP contribution in [0.4, 0.5) is 0 Å². The molecule has 4 rings (SSSR count). The minimum Gasteiger partial charge on any atom is -0.415 e. The van der Waals surface area contributed by atoms with E-state index in [1.807, 2.05) is 0 Å². The van der Waals surface area contributed by atoms with E-state index in [2.05, 4.69) is 54.3 Å². The molecule has 0 aromatic heterocycles. The number of rotatable bonds is 7. The Hall–Kier alpha value is 0.177. The number of fused-ring (bicyclic) bond motifs is 5. The zero-order valence-corrected chi connectivity index (χ0v) is 24.0. The molecular formula is C30H56OSi. The molecule has 0 bridgehead atoms. The van der Waals surface area contributed by atoms with Gasteiger partial charge in [0, 0.05) is 6.10 Å². The van der Waals surface area contributed by atoms with Gasteiger partial charge in [0.15, 0.2) is 8.32 Å². The topological polar surface area (TPSA) is 9.23 Å². The van der Waals surface area contributed by atoms with Crippen LogP contribution in [0.15, 0.2) is 0 Å². The molecule has 4 aliphatic carbocycles. The molecule has 0 N–H and O–H groups in total. The Morgan fingerprint density at radius 3 is 2.19 bits per heavy atom. The fraction of sp³-hybridized carbons (Fsp3) is 1.00. The minimum absolute atomic E-state index is 0.563. The molecule has 0 aromatic rings. The second-order valence-electron chi connectivity index (χ2n) is 14.8. The first-order chi connectivity index (χ1) is 14.9. The lowest BCUT2D eigenvalue weighted by atomic mass is 9.44. The molecule has 0 spiro atoms. The predicted molar refractivity (Wildman–Crippen MR) is 141 cm³/mol. The van der Waals surface area contributed by atoms with Crippen molar-refractivity contribution < 1.29 is 4.43 Å². The van der Waals surface area contributed by atoms with Gasteiger partial charge in [0.25, 0.3) is 0 Å². The summed E-state index contributed by atoms with van der Waals surface area (Å²) in [5.41, 5.74) is 1.24. The lowest BCUT2D eigenvalue weighted by Crippen LogP contribution is -2.54. The third kappa shape index (κ3) is 4.80. The van der Waals surface area contributed by atoms with Crippen LogP contribution in [0.3, 0.4) is 0 Å².